The molecule has 1 heterocycles. The number of benzene rings is 3. The van der Waals surface area contributed by atoms with Crippen LogP contribution in [0.3, 0.4) is 0 Å². The zero-order valence-corrected chi connectivity index (χ0v) is 22.7. The number of thioether (sulfide) groups is 1. The van der Waals surface area contributed by atoms with Gasteiger partial charge >= 0.3 is 0 Å². The Labute approximate surface area is 230 Å². The molecule has 1 saturated heterocycles. The number of amides is 2. The molecule has 2 amide bonds. The van der Waals surface area contributed by atoms with Crippen LogP contribution in [0.2, 0.25) is 10.0 Å². The van der Waals surface area contributed by atoms with Crippen molar-refractivity contribution in [2.45, 2.75) is 20.5 Å². The summed E-state index contributed by atoms with van der Waals surface area (Å²) in [6.45, 7) is 4.92. The van der Waals surface area contributed by atoms with Gasteiger partial charge in [0.05, 0.1) is 23.1 Å². The minimum Gasteiger partial charge on any atom is -0.492 e. The molecule has 0 unspecified atom stereocenters. The van der Waals surface area contributed by atoms with Crippen LogP contribution >= 0.6 is 35.0 Å². The summed E-state index contributed by atoms with van der Waals surface area (Å²) < 4.78 is 17.4. The highest BCUT2D eigenvalue weighted by Crippen LogP contribution is 2.39. The van der Waals surface area contributed by atoms with Gasteiger partial charge < -0.3 is 14.2 Å². The minimum atomic E-state index is -0.386. The molecule has 0 spiro atoms. The molecule has 4 rings (SSSR count). The van der Waals surface area contributed by atoms with Crippen molar-refractivity contribution in [1.29, 1.82) is 0 Å². The molecule has 1 fully saturated rings. The lowest BCUT2D eigenvalue weighted by atomic mass is 10.1. The second kappa shape index (κ2) is 12.4. The van der Waals surface area contributed by atoms with Crippen molar-refractivity contribution in [2.75, 3.05) is 19.8 Å². The van der Waals surface area contributed by atoms with Crippen molar-refractivity contribution < 1.29 is 23.8 Å². The van der Waals surface area contributed by atoms with Crippen LogP contribution in [0.25, 0.3) is 6.08 Å². The normalized spacial score (nSPS) is 14.4. The van der Waals surface area contributed by atoms with Gasteiger partial charge in [0, 0.05) is 5.02 Å². The lowest BCUT2D eigenvalue weighted by Crippen LogP contribution is -2.32. The number of aryl methyl sites for hydroxylation is 1. The van der Waals surface area contributed by atoms with Crippen molar-refractivity contribution >= 4 is 52.2 Å². The van der Waals surface area contributed by atoms with E-state index < -0.39 is 0 Å². The highest BCUT2D eigenvalue weighted by Gasteiger charge is 2.35. The Morgan fingerprint density at radius 1 is 0.946 bits per heavy atom. The number of carbonyl (C=O) groups is 2. The number of imide groups is 1. The van der Waals surface area contributed by atoms with Crippen LogP contribution < -0.4 is 14.2 Å². The zero-order valence-electron chi connectivity index (χ0n) is 20.3. The van der Waals surface area contributed by atoms with E-state index in [4.69, 9.17) is 37.4 Å². The number of hydrogen-bond donors (Lipinski definition) is 0. The molecule has 6 nitrogen and oxygen atoms in total. The smallest absolute Gasteiger partial charge is 0.293 e. The first-order chi connectivity index (χ1) is 17.8. The predicted octanol–water partition coefficient (Wildman–Crippen LogP) is 7.39. The minimum absolute atomic E-state index is 0.126. The summed E-state index contributed by atoms with van der Waals surface area (Å²) in [4.78, 5) is 26.9. The lowest BCUT2D eigenvalue weighted by Gasteiger charge is -2.15. The Morgan fingerprint density at radius 3 is 2.38 bits per heavy atom. The van der Waals surface area contributed by atoms with Crippen LogP contribution in [-0.4, -0.2) is 35.8 Å². The van der Waals surface area contributed by atoms with Crippen molar-refractivity contribution in [1.82, 2.24) is 4.90 Å². The first-order valence-electron chi connectivity index (χ1n) is 11.6. The number of ether oxygens (including phenoxy) is 3. The molecule has 0 aliphatic carbocycles. The fourth-order valence-corrected chi connectivity index (χ4v) is 4.81. The van der Waals surface area contributed by atoms with Gasteiger partial charge in [-0.3, -0.25) is 14.5 Å². The maximum atomic E-state index is 12.9. The van der Waals surface area contributed by atoms with Gasteiger partial charge in [0.2, 0.25) is 0 Å². The van der Waals surface area contributed by atoms with Gasteiger partial charge in [0.25, 0.3) is 11.1 Å². The van der Waals surface area contributed by atoms with Gasteiger partial charge in [0.1, 0.15) is 19.0 Å². The van der Waals surface area contributed by atoms with Crippen molar-refractivity contribution in [3.05, 3.63) is 92.3 Å². The van der Waals surface area contributed by atoms with E-state index in [0.717, 1.165) is 22.2 Å². The summed E-state index contributed by atoms with van der Waals surface area (Å²) in [5.41, 5.74) is 2.79. The number of carbonyl (C=O) groups excluding carboxylic acids is 2. The standard InChI is InChI=1S/C28H25Cl2NO5S/c1-3-34-24-15-20(14-23(30)26(24)36-17-19-6-4-18(2)5-7-19)16-25-27(32)31(28(33)37-25)12-13-35-22-10-8-21(29)9-11-22/h4-11,14-16H,3,12-13,17H2,1-2H3/b25-16-. The first-order valence-corrected chi connectivity index (χ1v) is 13.2. The highest BCUT2D eigenvalue weighted by molar-refractivity contribution is 8.18. The number of rotatable bonds is 10. The van der Waals surface area contributed by atoms with E-state index in [2.05, 4.69) is 0 Å². The third-order valence-corrected chi connectivity index (χ3v) is 6.84. The zero-order chi connectivity index (χ0) is 26.4. The lowest BCUT2D eigenvalue weighted by molar-refractivity contribution is -0.123. The van der Waals surface area contributed by atoms with Crippen molar-refractivity contribution in [3.8, 4) is 17.2 Å². The summed E-state index contributed by atoms with van der Waals surface area (Å²) in [6, 6.07) is 18.3. The quantitative estimate of drug-likeness (QED) is 0.242. The summed E-state index contributed by atoms with van der Waals surface area (Å²) in [5, 5.41) is 0.590. The van der Waals surface area contributed by atoms with E-state index in [-0.39, 0.29) is 24.3 Å². The Morgan fingerprint density at radius 2 is 1.68 bits per heavy atom. The summed E-state index contributed by atoms with van der Waals surface area (Å²) in [5.74, 6) is 1.11. The molecule has 1 aliphatic rings. The van der Waals surface area contributed by atoms with Crippen LogP contribution in [0.1, 0.15) is 23.6 Å². The molecule has 0 radical (unpaired) electrons. The van der Waals surface area contributed by atoms with Crippen LogP contribution in [0.4, 0.5) is 4.79 Å². The molecular weight excluding hydrogens is 533 g/mol. The second-order valence-electron chi connectivity index (χ2n) is 8.17. The molecule has 0 N–H and O–H groups in total. The summed E-state index contributed by atoms with van der Waals surface area (Å²) in [7, 11) is 0. The Bertz CT molecular complexity index is 1310. The fourth-order valence-electron chi connectivity index (χ4n) is 3.54. The molecule has 1 aliphatic heterocycles. The number of halogens is 2. The van der Waals surface area contributed by atoms with Crippen LogP contribution in [0.15, 0.2) is 65.6 Å². The largest absolute Gasteiger partial charge is 0.492 e. The van der Waals surface area contributed by atoms with Crippen molar-refractivity contribution in [3.63, 3.8) is 0 Å². The van der Waals surface area contributed by atoms with E-state index >= 15 is 0 Å². The molecule has 3 aromatic rings. The fraction of sp³-hybridized carbons (Fsp3) is 0.214. The van der Waals surface area contributed by atoms with E-state index in [1.807, 2.05) is 38.1 Å². The topological polar surface area (TPSA) is 65.1 Å². The molecule has 3 aromatic carbocycles. The third-order valence-electron chi connectivity index (χ3n) is 5.40. The second-order valence-corrected chi connectivity index (χ2v) is 10.0. The van der Waals surface area contributed by atoms with Gasteiger partial charge in [-0.1, -0.05) is 53.0 Å². The van der Waals surface area contributed by atoms with E-state index in [1.54, 1.807) is 42.5 Å². The van der Waals surface area contributed by atoms with Gasteiger partial charge in [-0.15, -0.1) is 0 Å². The predicted molar refractivity (Wildman–Crippen MR) is 148 cm³/mol. The number of hydrogen-bond acceptors (Lipinski definition) is 6. The molecule has 0 atom stereocenters. The SMILES string of the molecule is CCOc1cc(/C=C2\SC(=O)N(CCOc3ccc(Cl)cc3)C2=O)cc(Cl)c1OCc1ccc(C)cc1. The van der Waals surface area contributed by atoms with E-state index in [1.165, 1.54) is 5.56 Å². The molecule has 0 bridgehead atoms. The Hall–Kier alpha value is -3.13. The van der Waals surface area contributed by atoms with E-state index in [9.17, 15) is 9.59 Å². The molecule has 37 heavy (non-hydrogen) atoms. The maximum absolute atomic E-state index is 12.9. The summed E-state index contributed by atoms with van der Waals surface area (Å²) in [6.07, 6.45) is 1.63. The molecule has 0 saturated carbocycles. The van der Waals surface area contributed by atoms with Crippen molar-refractivity contribution in [2.24, 2.45) is 0 Å². The van der Waals surface area contributed by atoms with Crippen LogP contribution in [0, 0.1) is 6.92 Å². The van der Waals surface area contributed by atoms with Gasteiger partial charge in [-0.2, -0.15) is 0 Å². The van der Waals surface area contributed by atoms with Gasteiger partial charge in [-0.25, -0.2) is 0 Å². The monoisotopic (exact) mass is 557 g/mol. The van der Waals surface area contributed by atoms with Gasteiger partial charge in [-0.05, 0) is 79.2 Å². The van der Waals surface area contributed by atoms with Crippen LogP contribution in [-0.2, 0) is 11.4 Å². The number of nitrogens with zero attached hydrogens (tertiary/aromatic N) is 1. The third kappa shape index (κ3) is 7.01. The molecule has 192 valence electrons. The van der Waals surface area contributed by atoms with Gasteiger partial charge in [0.15, 0.2) is 11.5 Å². The molecule has 9 heteroatoms. The highest BCUT2D eigenvalue weighted by atomic mass is 35.5. The maximum Gasteiger partial charge on any atom is 0.293 e. The first kappa shape index (κ1) is 26.9. The molecule has 0 aromatic heterocycles. The molecular formula is C28H25Cl2NO5S. The summed E-state index contributed by atoms with van der Waals surface area (Å²) >= 11 is 13.3. The average molecular weight is 558 g/mol. The Kier molecular flexibility index (Phi) is 9.03. The average Bonchev–Trinajstić information content (AvgIpc) is 3.13. The van der Waals surface area contributed by atoms with Crippen LogP contribution in [0.5, 0.6) is 17.2 Å². The Balaban J connectivity index is 1.45. The van der Waals surface area contributed by atoms with E-state index in [0.29, 0.717) is 51.0 Å².